The van der Waals surface area contributed by atoms with Crippen molar-refractivity contribution in [3.63, 3.8) is 0 Å². The molecule has 7 heteroatoms. The number of para-hydroxylation sites is 2. The number of nitrogens with zero attached hydrogens (tertiary/aromatic N) is 2. The predicted octanol–water partition coefficient (Wildman–Crippen LogP) is 3.43. The first kappa shape index (κ1) is 19.1. The first-order chi connectivity index (χ1) is 14.1. The first-order valence-electron chi connectivity index (χ1n) is 9.66. The summed E-state index contributed by atoms with van der Waals surface area (Å²) in [6, 6.07) is 13.5. The highest BCUT2D eigenvalue weighted by molar-refractivity contribution is 5.77. The van der Waals surface area contributed by atoms with E-state index in [9.17, 15) is 14.0 Å². The summed E-state index contributed by atoms with van der Waals surface area (Å²) < 4.78 is 25.6. The standard InChI is InChI=1S/C22H21FN2O4/c23-17-6-2-4-8-19(17)28-13-14-29-21(26)12-11-20-24-18-7-3-1-5-16(18)22(27)25(20)15-9-10-15/h1-8,15H,9-14H2. The van der Waals surface area contributed by atoms with Gasteiger partial charge in [0.05, 0.1) is 17.3 Å². The van der Waals surface area contributed by atoms with E-state index in [-0.39, 0.29) is 37.0 Å². The Morgan fingerprint density at radius 2 is 1.86 bits per heavy atom. The van der Waals surface area contributed by atoms with Crippen LogP contribution in [0.3, 0.4) is 0 Å². The van der Waals surface area contributed by atoms with Crippen LogP contribution >= 0.6 is 0 Å². The van der Waals surface area contributed by atoms with Crippen LogP contribution in [0.2, 0.25) is 0 Å². The molecule has 0 saturated heterocycles. The molecule has 1 heterocycles. The van der Waals surface area contributed by atoms with E-state index in [1.165, 1.54) is 12.1 Å². The van der Waals surface area contributed by atoms with Crippen LogP contribution in [0.4, 0.5) is 4.39 Å². The molecule has 1 fully saturated rings. The van der Waals surface area contributed by atoms with Crippen molar-refractivity contribution in [1.82, 2.24) is 9.55 Å². The van der Waals surface area contributed by atoms with E-state index in [4.69, 9.17) is 9.47 Å². The zero-order valence-corrected chi connectivity index (χ0v) is 15.8. The van der Waals surface area contributed by atoms with Gasteiger partial charge in [-0.05, 0) is 37.1 Å². The average molecular weight is 396 g/mol. The number of carbonyl (C=O) groups is 1. The maximum atomic E-state index is 13.5. The summed E-state index contributed by atoms with van der Waals surface area (Å²) in [6.45, 7) is 0.0847. The number of aromatic nitrogens is 2. The Balaban J connectivity index is 1.34. The third-order valence-corrected chi connectivity index (χ3v) is 4.79. The normalized spacial score (nSPS) is 13.4. The van der Waals surface area contributed by atoms with E-state index in [2.05, 4.69) is 4.98 Å². The second-order valence-electron chi connectivity index (χ2n) is 6.95. The van der Waals surface area contributed by atoms with Crippen molar-refractivity contribution in [3.05, 3.63) is 70.5 Å². The highest BCUT2D eigenvalue weighted by atomic mass is 19.1. The lowest BCUT2D eigenvalue weighted by atomic mass is 10.2. The Bertz CT molecular complexity index is 1090. The lowest BCUT2D eigenvalue weighted by Gasteiger charge is -2.13. The topological polar surface area (TPSA) is 70.4 Å². The van der Waals surface area contributed by atoms with Gasteiger partial charge in [-0.15, -0.1) is 0 Å². The molecule has 0 bridgehead atoms. The van der Waals surface area contributed by atoms with Crippen LogP contribution in [0.5, 0.6) is 5.75 Å². The molecular weight excluding hydrogens is 375 g/mol. The fourth-order valence-corrected chi connectivity index (χ4v) is 3.23. The molecule has 0 amide bonds. The second kappa shape index (κ2) is 8.43. The van der Waals surface area contributed by atoms with Gasteiger partial charge in [0.25, 0.3) is 5.56 Å². The van der Waals surface area contributed by atoms with Crippen LogP contribution in [0.15, 0.2) is 53.3 Å². The van der Waals surface area contributed by atoms with Gasteiger partial charge in [-0.2, -0.15) is 0 Å². The molecule has 6 nitrogen and oxygen atoms in total. The Labute approximate surface area is 166 Å². The number of fused-ring (bicyclic) bond motifs is 1. The number of halogens is 1. The van der Waals surface area contributed by atoms with Crippen LogP contribution in [0.25, 0.3) is 10.9 Å². The van der Waals surface area contributed by atoms with E-state index in [0.29, 0.717) is 23.1 Å². The smallest absolute Gasteiger partial charge is 0.306 e. The molecule has 2 aromatic carbocycles. The van der Waals surface area contributed by atoms with Gasteiger partial charge >= 0.3 is 5.97 Å². The number of hydrogen-bond donors (Lipinski definition) is 0. The van der Waals surface area contributed by atoms with Crippen LogP contribution in [0.1, 0.15) is 31.1 Å². The number of benzene rings is 2. The molecule has 0 unspecified atom stereocenters. The van der Waals surface area contributed by atoms with E-state index in [0.717, 1.165) is 12.8 Å². The van der Waals surface area contributed by atoms with E-state index >= 15 is 0 Å². The van der Waals surface area contributed by atoms with E-state index in [1.54, 1.807) is 28.8 Å². The van der Waals surface area contributed by atoms with Crippen molar-refractivity contribution in [2.75, 3.05) is 13.2 Å². The van der Waals surface area contributed by atoms with Crippen molar-refractivity contribution in [2.24, 2.45) is 0 Å². The number of esters is 1. The van der Waals surface area contributed by atoms with Crippen molar-refractivity contribution in [1.29, 1.82) is 0 Å². The highest BCUT2D eigenvalue weighted by Crippen LogP contribution is 2.34. The predicted molar refractivity (Wildman–Crippen MR) is 105 cm³/mol. The molecule has 4 rings (SSSR count). The monoisotopic (exact) mass is 396 g/mol. The third-order valence-electron chi connectivity index (χ3n) is 4.79. The maximum absolute atomic E-state index is 13.5. The Hall–Kier alpha value is -3.22. The van der Waals surface area contributed by atoms with E-state index < -0.39 is 11.8 Å². The van der Waals surface area contributed by atoms with Crippen LogP contribution < -0.4 is 10.3 Å². The van der Waals surface area contributed by atoms with Gasteiger partial charge in [-0.3, -0.25) is 14.2 Å². The first-order valence-corrected chi connectivity index (χ1v) is 9.66. The summed E-state index contributed by atoms with van der Waals surface area (Å²) in [6.07, 6.45) is 2.33. The molecule has 0 N–H and O–H groups in total. The molecule has 150 valence electrons. The van der Waals surface area contributed by atoms with Gasteiger partial charge in [0.1, 0.15) is 19.0 Å². The molecular formula is C22H21FN2O4. The summed E-state index contributed by atoms with van der Waals surface area (Å²) in [5, 5.41) is 0.594. The SMILES string of the molecule is O=C(CCc1nc2ccccc2c(=O)n1C1CC1)OCCOc1ccccc1F. The summed E-state index contributed by atoms with van der Waals surface area (Å²) in [5.41, 5.74) is 0.579. The Morgan fingerprint density at radius 1 is 1.10 bits per heavy atom. The molecule has 1 aromatic heterocycles. The third kappa shape index (κ3) is 4.45. The van der Waals surface area contributed by atoms with Crippen molar-refractivity contribution < 1.29 is 18.7 Å². The van der Waals surface area contributed by atoms with Gasteiger partial charge < -0.3 is 9.47 Å². The summed E-state index contributed by atoms with van der Waals surface area (Å²) >= 11 is 0. The number of rotatable bonds is 8. The second-order valence-corrected chi connectivity index (χ2v) is 6.95. The minimum absolute atomic E-state index is 0.0216. The maximum Gasteiger partial charge on any atom is 0.306 e. The van der Waals surface area contributed by atoms with E-state index in [1.807, 2.05) is 12.1 Å². The summed E-state index contributed by atoms with van der Waals surface area (Å²) in [7, 11) is 0. The molecule has 0 spiro atoms. The van der Waals surface area contributed by atoms with Gasteiger partial charge in [0, 0.05) is 12.5 Å². The molecule has 0 atom stereocenters. The minimum Gasteiger partial charge on any atom is -0.487 e. The Kier molecular flexibility index (Phi) is 5.55. The molecule has 1 saturated carbocycles. The van der Waals surface area contributed by atoms with Crippen molar-refractivity contribution in [3.8, 4) is 5.75 Å². The number of hydrogen-bond acceptors (Lipinski definition) is 5. The number of carbonyl (C=O) groups excluding carboxylic acids is 1. The quantitative estimate of drug-likeness (QED) is 0.431. The zero-order chi connectivity index (χ0) is 20.2. The van der Waals surface area contributed by atoms with Gasteiger partial charge in [-0.25, -0.2) is 9.37 Å². The fourth-order valence-electron chi connectivity index (χ4n) is 3.23. The minimum atomic E-state index is -0.459. The number of aryl methyl sites for hydroxylation is 1. The van der Waals surface area contributed by atoms with Crippen molar-refractivity contribution >= 4 is 16.9 Å². The lowest BCUT2D eigenvalue weighted by Crippen LogP contribution is -2.25. The summed E-state index contributed by atoms with van der Waals surface area (Å²) in [5.74, 6) is -0.140. The largest absolute Gasteiger partial charge is 0.487 e. The number of ether oxygens (including phenoxy) is 2. The van der Waals surface area contributed by atoms with Gasteiger partial charge in [0.2, 0.25) is 0 Å². The molecule has 29 heavy (non-hydrogen) atoms. The van der Waals surface area contributed by atoms with Gasteiger partial charge in [-0.1, -0.05) is 24.3 Å². The molecule has 0 radical (unpaired) electrons. The van der Waals surface area contributed by atoms with Crippen LogP contribution in [-0.4, -0.2) is 28.7 Å². The zero-order valence-electron chi connectivity index (χ0n) is 15.8. The molecule has 1 aliphatic rings. The Morgan fingerprint density at radius 3 is 2.66 bits per heavy atom. The summed E-state index contributed by atoms with van der Waals surface area (Å²) in [4.78, 5) is 29.5. The molecule has 3 aromatic rings. The lowest BCUT2D eigenvalue weighted by molar-refractivity contribution is -0.144. The van der Waals surface area contributed by atoms with Crippen LogP contribution in [-0.2, 0) is 16.0 Å². The molecule has 1 aliphatic carbocycles. The van der Waals surface area contributed by atoms with Crippen molar-refractivity contribution in [2.45, 2.75) is 31.7 Å². The highest BCUT2D eigenvalue weighted by Gasteiger charge is 2.28. The fraction of sp³-hybridized carbons (Fsp3) is 0.318. The van der Waals surface area contributed by atoms with Gasteiger partial charge in [0.15, 0.2) is 11.6 Å². The van der Waals surface area contributed by atoms with Crippen LogP contribution in [0, 0.1) is 5.82 Å². The molecule has 0 aliphatic heterocycles. The average Bonchev–Trinajstić information content (AvgIpc) is 3.56.